The Bertz CT molecular complexity index is 732. The monoisotopic (exact) mass is 374 g/mol. The fourth-order valence-electron chi connectivity index (χ4n) is 4.56. The van der Waals surface area contributed by atoms with E-state index in [4.69, 9.17) is 13.9 Å². The third kappa shape index (κ3) is 3.93. The van der Waals surface area contributed by atoms with E-state index in [1.807, 2.05) is 6.08 Å². The van der Waals surface area contributed by atoms with Gasteiger partial charge in [0, 0.05) is 25.0 Å². The summed E-state index contributed by atoms with van der Waals surface area (Å²) in [6.07, 6.45) is 12.5. The van der Waals surface area contributed by atoms with Crippen LogP contribution in [0.1, 0.15) is 82.0 Å². The van der Waals surface area contributed by atoms with Crippen LogP contribution in [0.3, 0.4) is 0 Å². The van der Waals surface area contributed by atoms with Crippen molar-refractivity contribution in [3.8, 4) is 5.75 Å². The van der Waals surface area contributed by atoms with Crippen LogP contribution in [-0.4, -0.2) is 17.8 Å². The Hall–Kier alpha value is -1.75. The lowest BCUT2D eigenvalue weighted by molar-refractivity contribution is 0.00490. The molecule has 0 spiro atoms. The molecule has 1 aliphatic carbocycles. The highest BCUT2D eigenvalue weighted by Crippen LogP contribution is 2.48. The van der Waals surface area contributed by atoms with Crippen molar-refractivity contribution < 1.29 is 19.0 Å². The smallest absolute Gasteiger partial charge is 0.347 e. The van der Waals surface area contributed by atoms with Gasteiger partial charge in [0.05, 0.1) is 12.4 Å². The van der Waals surface area contributed by atoms with Crippen LogP contribution >= 0.6 is 0 Å². The molecule has 0 aromatic carbocycles. The van der Waals surface area contributed by atoms with E-state index in [1.54, 1.807) is 12.3 Å². The van der Waals surface area contributed by atoms with E-state index >= 15 is 0 Å². The van der Waals surface area contributed by atoms with Gasteiger partial charge >= 0.3 is 5.63 Å². The van der Waals surface area contributed by atoms with Gasteiger partial charge in [0.25, 0.3) is 0 Å². The molecule has 27 heavy (non-hydrogen) atoms. The molecule has 1 N–H and O–H groups in total. The van der Waals surface area contributed by atoms with Crippen LogP contribution in [-0.2, 0) is 15.1 Å². The Labute approximate surface area is 160 Å². The van der Waals surface area contributed by atoms with Gasteiger partial charge in [-0.25, -0.2) is 4.79 Å². The molecule has 0 bridgehead atoms. The van der Waals surface area contributed by atoms with E-state index in [0.29, 0.717) is 18.1 Å². The molecule has 2 fully saturated rings. The Kier molecular flexibility index (Phi) is 5.31. The Morgan fingerprint density at radius 2 is 2.15 bits per heavy atom. The highest BCUT2D eigenvalue weighted by Gasteiger charge is 2.45. The van der Waals surface area contributed by atoms with Crippen LogP contribution < -0.4 is 5.63 Å². The Morgan fingerprint density at radius 1 is 1.30 bits per heavy atom. The van der Waals surface area contributed by atoms with Crippen molar-refractivity contribution in [2.75, 3.05) is 6.61 Å². The molecule has 3 unspecified atom stereocenters. The highest BCUT2D eigenvalue weighted by atomic mass is 16.5. The number of hydrogen-bond acceptors (Lipinski definition) is 5. The fraction of sp³-hybridized carbons (Fsp3) is 0.682. The first-order valence-corrected chi connectivity index (χ1v) is 10.4. The van der Waals surface area contributed by atoms with Crippen molar-refractivity contribution >= 4 is 0 Å². The normalized spacial score (nSPS) is 28.9. The molecular weight excluding hydrogens is 344 g/mol. The summed E-state index contributed by atoms with van der Waals surface area (Å²) in [6.45, 7) is 2.89. The molecule has 5 heteroatoms. The van der Waals surface area contributed by atoms with Crippen LogP contribution in [0.25, 0.3) is 0 Å². The molecule has 3 atom stereocenters. The lowest BCUT2D eigenvalue weighted by Crippen LogP contribution is -2.32. The van der Waals surface area contributed by atoms with Crippen molar-refractivity contribution in [2.45, 2.75) is 82.3 Å². The minimum absolute atomic E-state index is 0.00797. The summed E-state index contributed by atoms with van der Waals surface area (Å²) < 4.78 is 17.5. The van der Waals surface area contributed by atoms with Crippen molar-refractivity contribution in [3.63, 3.8) is 0 Å². The summed E-state index contributed by atoms with van der Waals surface area (Å²) in [4.78, 5) is 12.9. The second-order valence-electron chi connectivity index (χ2n) is 8.36. The van der Waals surface area contributed by atoms with Crippen LogP contribution in [0, 0.1) is 5.92 Å². The third-order valence-corrected chi connectivity index (χ3v) is 6.27. The second kappa shape index (κ2) is 7.70. The summed E-state index contributed by atoms with van der Waals surface area (Å²) in [5.41, 5.74) is -0.942. The van der Waals surface area contributed by atoms with Crippen LogP contribution in [0.2, 0.25) is 0 Å². The first kappa shape index (κ1) is 18.6. The molecule has 1 aromatic heterocycles. The summed E-state index contributed by atoms with van der Waals surface area (Å²) in [7, 11) is 0. The van der Waals surface area contributed by atoms with Crippen molar-refractivity contribution in [3.05, 3.63) is 40.1 Å². The summed E-state index contributed by atoms with van der Waals surface area (Å²) in [5.74, 6) is 1.21. The van der Waals surface area contributed by atoms with Crippen LogP contribution in [0.15, 0.2) is 27.6 Å². The predicted molar refractivity (Wildman–Crippen MR) is 102 cm³/mol. The molecule has 0 amide bonds. The van der Waals surface area contributed by atoms with Gasteiger partial charge < -0.3 is 19.0 Å². The maximum absolute atomic E-state index is 12.9. The number of rotatable bonds is 7. The number of aromatic hydroxyl groups is 1. The first-order valence-electron chi connectivity index (χ1n) is 10.4. The SMILES string of the molecule is CCC(CC1CCCCO1)c1cc(O)c(C2(CC3CC3)CC=CO2)c(=O)o1. The summed E-state index contributed by atoms with van der Waals surface area (Å²) >= 11 is 0. The molecule has 1 saturated heterocycles. The lowest BCUT2D eigenvalue weighted by Gasteiger charge is -2.29. The second-order valence-corrected chi connectivity index (χ2v) is 8.36. The molecule has 1 saturated carbocycles. The maximum Gasteiger partial charge on any atom is 0.347 e. The van der Waals surface area contributed by atoms with Gasteiger partial charge in [-0.2, -0.15) is 0 Å². The summed E-state index contributed by atoms with van der Waals surface area (Å²) in [6, 6.07) is 1.64. The molecular formula is C22H30O5. The molecule has 3 heterocycles. The van der Waals surface area contributed by atoms with Gasteiger partial charge in [-0.05, 0) is 50.5 Å². The predicted octanol–water partition coefficient (Wildman–Crippen LogP) is 4.73. The average molecular weight is 374 g/mol. The molecule has 4 rings (SSSR count). The van der Waals surface area contributed by atoms with Crippen molar-refractivity contribution in [1.29, 1.82) is 0 Å². The van der Waals surface area contributed by atoms with Crippen molar-refractivity contribution in [1.82, 2.24) is 0 Å². The van der Waals surface area contributed by atoms with E-state index in [0.717, 1.165) is 51.6 Å². The maximum atomic E-state index is 12.9. The zero-order chi connectivity index (χ0) is 18.9. The molecule has 3 aliphatic rings. The number of hydrogen-bond donors (Lipinski definition) is 1. The number of ether oxygens (including phenoxy) is 2. The van der Waals surface area contributed by atoms with Crippen LogP contribution in [0.4, 0.5) is 0 Å². The van der Waals surface area contributed by atoms with E-state index < -0.39 is 11.2 Å². The molecule has 2 aliphatic heterocycles. The quantitative estimate of drug-likeness (QED) is 0.747. The zero-order valence-corrected chi connectivity index (χ0v) is 16.1. The van der Waals surface area contributed by atoms with E-state index in [1.165, 1.54) is 6.42 Å². The molecule has 5 nitrogen and oxygen atoms in total. The lowest BCUT2D eigenvalue weighted by atomic mass is 9.85. The fourth-order valence-corrected chi connectivity index (χ4v) is 4.56. The Balaban J connectivity index is 1.59. The van der Waals surface area contributed by atoms with Crippen molar-refractivity contribution in [2.24, 2.45) is 5.92 Å². The average Bonchev–Trinajstić information content (AvgIpc) is 3.35. The van der Waals surface area contributed by atoms with Gasteiger partial charge in [-0.3, -0.25) is 0 Å². The van der Waals surface area contributed by atoms with E-state index in [9.17, 15) is 9.90 Å². The zero-order valence-electron chi connectivity index (χ0n) is 16.1. The van der Waals surface area contributed by atoms with E-state index in [2.05, 4.69) is 6.92 Å². The molecule has 148 valence electrons. The van der Waals surface area contributed by atoms with E-state index in [-0.39, 0.29) is 23.3 Å². The molecule has 1 aromatic rings. The Morgan fingerprint density at radius 3 is 2.74 bits per heavy atom. The van der Waals surface area contributed by atoms with Gasteiger partial charge in [-0.15, -0.1) is 0 Å². The van der Waals surface area contributed by atoms with Gasteiger partial charge in [0.15, 0.2) is 0 Å². The van der Waals surface area contributed by atoms with Gasteiger partial charge in [0.1, 0.15) is 22.7 Å². The minimum atomic E-state index is -0.765. The van der Waals surface area contributed by atoms with Gasteiger partial charge in [0.2, 0.25) is 0 Å². The minimum Gasteiger partial charge on any atom is -0.507 e. The largest absolute Gasteiger partial charge is 0.507 e. The topological polar surface area (TPSA) is 68.9 Å². The first-order chi connectivity index (χ1) is 13.1. The standard InChI is InChI=1S/C22H30O5/c1-2-16(12-17-6-3-4-10-25-17)19-13-18(23)20(21(24)27-19)22(9-5-11-26-22)14-15-7-8-15/h5,11,13,15-17,23H,2-4,6-10,12,14H2,1H3. The molecule has 0 radical (unpaired) electrons. The van der Waals surface area contributed by atoms with Gasteiger partial charge in [-0.1, -0.05) is 19.8 Å². The highest BCUT2D eigenvalue weighted by molar-refractivity contribution is 5.37. The third-order valence-electron chi connectivity index (χ3n) is 6.27. The summed E-state index contributed by atoms with van der Waals surface area (Å²) in [5, 5.41) is 10.8. The van der Waals surface area contributed by atoms with Crippen LogP contribution in [0.5, 0.6) is 5.75 Å².